The molecule has 0 saturated heterocycles. The number of nitrogen functional groups attached to an aromatic ring is 1. The van der Waals surface area contributed by atoms with Crippen molar-refractivity contribution in [2.45, 2.75) is 6.42 Å². The molecule has 2 rings (SSSR count). The van der Waals surface area contributed by atoms with Crippen molar-refractivity contribution in [3.05, 3.63) is 64.2 Å². The highest BCUT2D eigenvalue weighted by Crippen LogP contribution is 2.16. The second-order valence-electron chi connectivity index (χ2n) is 4.49. The van der Waals surface area contributed by atoms with Gasteiger partial charge in [0.15, 0.2) is 0 Å². The summed E-state index contributed by atoms with van der Waals surface area (Å²) in [4.78, 5) is 11.8. The first-order chi connectivity index (χ1) is 9.97. The number of nitrogens with two attached hydrogens (primary N) is 1. The number of carbonyl (C=O) groups excluding carboxylic acids is 1. The van der Waals surface area contributed by atoms with Crippen LogP contribution in [0.3, 0.4) is 0 Å². The summed E-state index contributed by atoms with van der Waals surface area (Å²) in [6.45, 7) is 0.301. The van der Waals surface area contributed by atoms with Crippen LogP contribution in [-0.2, 0) is 6.42 Å². The molecule has 0 atom stereocenters. The molecule has 110 valence electrons. The van der Waals surface area contributed by atoms with Gasteiger partial charge in [-0.25, -0.2) is 8.78 Å². The van der Waals surface area contributed by atoms with Gasteiger partial charge in [0.1, 0.15) is 11.6 Å². The van der Waals surface area contributed by atoms with Crippen LogP contribution in [0.25, 0.3) is 0 Å². The van der Waals surface area contributed by atoms with Crippen LogP contribution in [0.4, 0.5) is 14.5 Å². The Balaban J connectivity index is 1.98. The molecule has 3 N–H and O–H groups in total. The van der Waals surface area contributed by atoms with Gasteiger partial charge in [0.05, 0.1) is 11.3 Å². The van der Waals surface area contributed by atoms with Crippen molar-refractivity contribution in [2.75, 3.05) is 12.3 Å². The minimum atomic E-state index is -0.943. The molecular weight excluding hydrogens is 298 g/mol. The van der Waals surface area contributed by atoms with E-state index in [-0.39, 0.29) is 11.3 Å². The number of benzene rings is 2. The summed E-state index contributed by atoms with van der Waals surface area (Å²) in [6.07, 6.45) is 0.546. The van der Waals surface area contributed by atoms with Gasteiger partial charge in [0.2, 0.25) is 0 Å². The van der Waals surface area contributed by atoms with E-state index < -0.39 is 17.5 Å². The van der Waals surface area contributed by atoms with Crippen LogP contribution < -0.4 is 11.1 Å². The molecule has 1 amide bonds. The van der Waals surface area contributed by atoms with Gasteiger partial charge in [-0.3, -0.25) is 4.79 Å². The van der Waals surface area contributed by atoms with Crippen LogP contribution in [0.1, 0.15) is 15.9 Å². The highest BCUT2D eigenvalue weighted by molar-refractivity contribution is 6.30. The lowest BCUT2D eigenvalue weighted by atomic mass is 10.1. The Morgan fingerprint density at radius 1 is 1.19 bits per heavy atom. The number of amides is 1. The molecule has 2 aromatic rings. The molecule has 0 radical (unpaired) electrons. The molecular formula is C15H13ClF2N2O. The first-order valence-electron chi connectivity index (χ1n) is 6.24. The predicted octanol–water partition coefficient (Wildman–Crippen LogP) is 3.17. The quantitative estimate of drug-likeness (QED) is 0.852. The fourth-order valence-electron chi connectivity index (χ4n) is 1.85. The zero-order valence-electron chi connectivity index (χ0n) is 11.0. The molecule has 0 bridgehead atoms. The van der Waals surface area contributed by atoms with Crippen molar-refractivity contribution in [2.24, 2.45) is 0 Å². The Hall–Kier alpha value is -2.14. The van der Waals surface area contributed by atoms with E-state index >= 15 is 0 Å². The van der Waals surface area contributed by atoms with Gasteiger partial charge in [0, 0.05) is 17.6 Å². The topological polar surface area (TPSA) is 55.1 Å². The lowest BCUT2D eigenvalue weighted by Crippen LogP contribution is -2.26. The van der Waals surface area contributed by atoms with E-state index in [4.69, 9.17) is 17.3 Å². The molecule has 0 saturated carbocycles. The maximum absolute atomic E-state index is 13.5. The standard InChI is InChI=1S/C15H13ClF2N2O/c16-10-3-1-2-9(6-10)4-5-20-15(21)11-7-14(19)13(18)8-12(11)17/h1-3,6-8H,4-5,19H2,(H,20,21). The van der Waals surface area contributed by atoms with Crippen molar-refractivity contribution in [3.8, 4) is 0 Å². The van der Waals surface area contributed by atoms with E-state index in [0.717, 1.165) is 11.6 Å². The second-order valence-corrected chi connectivity index (χ2v) is 4.93. The molecule has 0 aliphatic heterocycles. The van der Waals surface area contributed by atoms with Crippen LogP contribution in [0.5, 0.6) is 0 Å². The molecule has 0 aliphatic carbocycles. The molecule has 0 spiro atoms. The molecule has 0 heterocycles. The van der Waals surface area contributed by atoms with E-state index in [1.807, 2.05) is 6.07 Å². The lowest BCUT2D eigenvalue weighted by Gasteiger charge is -2.08. The third-order valence-corrected chi connectivity index (χ3v) is 3.15. The molecule has 0 aromatic heterocycles. The average Bonchev–Trinajstić information content (AvgIpc) is 2.43. The van der Waals surface area contributed by atoms with Crippen molar-refractivity contribution in [1.82, 2.24) is 5.32 Å². The number of rotatable bonds is 4. The first-order valence-corrected chi connectivity index (χ1v) is 6.62. The Morgan fingerprint density at radius 2 is 1.95 bits per heavy atom. The number of nitrogens with one attached hydrogen (secondary N) is 1. The summed E-state index contributed by atoms with van der Waals surface area (Å²) in [7, 11) is 0. The normalized spacial score (nSPS) is 10.4. The SMILES string of the molecule is Nc1cc(C(=O)NCCc2cccc(Cl)c2)c(F)cc1F. The van der Waals surface area contributed by atoms with Crippen molar-refractivity contribution in [1.29, 1.82) is 0 Å². The van der Waals surface area contributed by atoms with Crippen LogP contribution >= 0.6 is 11.6 Å². The predicted molar refractivity (Wildman–Crippen MR) is 78.3 cm³/mol. The van der Waals surface area contributed by atoms with Crippen molar-refractivity contribution in [3.63, 3.8) is 0 Å². The van der Waals surface area contributed by atoms with E-state index in [0.29, 0.717) is 24.1 Å². The van der Waals surface area contributed by atoms with Crippen molar-refractivity contribution < 1.29 is 13.6 Å². The van der Waals surface area contributed by atoms with Gasteiger partial charge >= 0.3 is 0 Å². The average molecular weight is 311 g/mol. The molecule has 0 fully saturated rings. The molecule has 0 aliphatic rings. The largest absolute Gasteiger partial charge is 0.396 e. The summed E-state index contributed by atoms with van der Waals surface area (Å²) in [5.74, 6) is -2.47. The van der Waals surface area contributed by atoms with Gasteiger partial charge in [0.25, 0.3) is 5.91 Å². The highest BCUT2D eigenvalue weighted by atomic mass is 35.5. The number of carbonyl (C=O) groups is 1. The van der Waals surface area contributed by atoms with E-state index in [9.17, 15) is 13.6 Å². The monoisotopic (exact) mass is 310 g/mol. The lowest BCUT2D eigenvalue weighted by molar-refractivity contribution is 0.0950. The number of halogens is 3. The zero-order valence-corrected chi connectivity index (χ0v) is 11.8. The van der Waals surface area contributed by atoms with Crippen LogP contribution in [-0.4, -0.2) is 12.5 Å². The van der Waals surface area contributed by atoms with Gasteiger partial charge in [-0.05, 0) is 30.2 Å². The summed E-state index contributed by atoms with van der Waals surface area (Å²) < 4.78 is 26.5. The van der Waals surface area contributed by atoms with E-state index in [1.54, 1.807) is 18.2 Å². The van der Waals surface area contributed by atoms with Gasteiger partial charge in [-0.15, -0.1) is 0 Å². The smallest absolute Gasteiger partial charge is 0.254 e. The summed E-state index contributed by atoms with van der Waals surface area (Å²) in [6, 6.07) is 8.79. The maximum Gasteiger partial charge on any atom is 0.254 e. The van der Waals surface area contributed by atoms with Crippen LogP contribution in [0.15, 0.2) is 36.4 Å². The Bertz CT molecular complexity index is 677. The highest BCUT2D eigenvalue weighted by Gasteiger charge is 2.14. The minimum absolute atomic E-state index is 0.267. The summed E-state index contributed by atoms with van der Waals surface area (Å²) in [5.41, 5.74) is 5.73. The molecule has 6 heteroatoms. The fraction of sp³-hybridized carbons (Fsp3) is 0.133. The van der Waals surface area contributed by atoms with E-state index in [1.165, 1.54) is 0 Å². The van der Waals surface area contributed by atoms with Crippen LogP contribution in [0.2, 0.25) is 5.02 Å². The molecule has 2 aromatic carbocycles. The maximum atomic E-state index is 13.5. The van der Waals surface area contributed by atoms with Crippen LogP contribution in [0, 0.1) is 11.6 Å². The molecule has 21 heavy (non-hydrogen) atoms. The Labute approximate surface area is 125 Å². The first kappa shape index (κ1) is 15.3. The Morgan fingerprint density at radius 3 is 2.67 bits per heavy atom. The number of hydrogen-bond donors (Lipinski definition) is 2. The number of hydrogen-bond acceptors (Lipinski definition) is 2. The summed E-state index contributed by atoms with van der Waals surface area (Å²) in [5, 5.41) is 3.16. The zero-order chi connectivity index (χ0) is 15.4. The van der Waals surface area contributed by atoms with Crippen molar-refractivity contribution >= 4 is 23.2 Å². The van der Waals surface area contributed by atoms with Gasteiger partial charge in [-0.2, -0.15) is 0 Å². The fourth-order valence-corrected chi connectivity index (χ4v) is 2.06. The third kappa shape index (κ3) is 3.92. The Kier molecular flexibility index (Phi) is 4.75. The second kappa shape index (κ2) is 6.54. The summed E-state index contributed by atoms with van der Waals surface area (Å²) >= 11 is 5.85. The molecule has 0 unspecified atom stereocenters. The van der Waals surface area contributed by atoms with Gasteiger partial charge < -0.3 is 11.1 Å². The van der Waals surface area contributed by atoms with E-state index in [2.05, 4.69) is 5.32 Å². The van der Waals surface area contributed by atoms with Gasteiger partial charge in [-0.1, -0.05) is 23.7 Å². The number of anilines is 1. The third-order valence-electron chi connectivity index (χ3n) is 2.92. The molecule has 3 nitrogen and oxygen atoms in total. The minimum Gasteiger partial charge on any atom is -0.396 e.